The maximum Gasteiger partial charge on any atom is 0.211 e. The van der Waals surface area contributed by atoms with Crippen LogP contribution < -0.4 is 10.0 Å². The summed E-state index contributed by atoms with van der Waals surface area (Å²) in [5.41, 5.74) is 0. The van der Waals surface area contributed by atoms with Gasteiger partial charge >= 0.3 is 0 Å². The standard InChI is InChI=1S/C13H30N4O2S/c1-5-8-12-17(4)13(14-6-2)15-10-9-11-16-20(18,19)7-3/h16H,5-12H2,1-4H3,(H,14,15). The minimum Gasteiger partial charge on any atom is -0.357 e. The summed E-state index contributed by atoms with van der Waals surface area (Å²) >= 11 is 0. The van der Waals surface area contributed by atoms with Gasteiger partial charge in [0, 0.05) is 33.2 Å². The molecule has 0 bridgehead atoms. The van der Waals surface area contributed by atoms with E-state index in [1.807, 2.05) is 14.0 Å². The summed E-state index contributed by atoms with van der Waals surface area (Å²) in [6.07, 6.45) is 3.00. The van der Waals surface area contributed by atoms with Crippen LogP contribution in [0.1, 0.15) is 40.0 Å². The van der Waals surface area contributed by atoms with Crippen LogP contribution in [0.3, 0.4) is 0 Å². The summed E-state index contributed by atoms with van der Waals surface area (Å²) in [6.45, 7) is 8.70. The van der Waals surface area contributed by atoms with Crippen molar-refractivity contribution in [1.29, 1.82) is 0 Å². The Kier molecular flexibility index (Phi) is 10.5. The van der Waals surface area contributed by atoms with Gasteiger partial charge in [0.25, 0.3) is 0 Å². The number of sulfonamides is 1. The molecule has 0 saturated heterocycles. The highest BCUT2D eigenvalue weighted by Gasteiger charge is 2.06. The predicted octanol–water partition coefficient (Wildman–Crippen LogP) is 1.01. The molecular formula is C13H30N4O2S. The van der Waals surface area contributed by atoms with E-state index in [0.717, 1.165) is 31.9 Å². The second-order valence-electron chi connectivity index (χ2n) is 4.66. The molecule has 0 radical (unpaired) electrons. The van der Waals surface area contributed by atoms with Crippen molar-refractivity contribution in [2.45, 2.75) is 40.0 Å². The zero-order valence-electron chi connectivity index (χ0n) is 13.3. The van der Waals surface area contributed by atoms with Crippen molar-refractivity contribution in [2.75, 3.05) is 39.0 Å². The first-order valence-electron chi connectivity index (χ1n) is 7.43. The molecule has 0 amide bonds. The van der Waals surface area contributed by atoms with Crippen LogP contribution in [0.5, 0.6) is 0 Å². The maximum atomic E-state index is 11.3. The quantitative estimate of drug-likeness (QED) is 0.359. The summed E-state index contributed by atoms with van der Waals surface area (Å²) < 4.78 is 25.1. The van der Waals surface area contributed by atoms with Crippen molar-refractivity contribution in [1.82, 2.24) is 14.9 Å². The zero-order chi connectivity index (χ0) is 15.4. The Morgan fingerprint density at radius 2 is 1.90 bits per heavy atom. The Labute approximate surface area is 124 Å². The average Bonchev–Trinajstić information content (AvgIpc) is 2.43. The summed E-state index contributed by atoms with van der Waals surface area (Å²) in [7, 11) is -1.06. The van der Waals surface area contributed by atoms with Gasteiger partial charge in [0.05, 0.1) is 5.75 Å². The summed E-state index contributed by atoms with van der Waals surface area (Å²) in [4.78, 5) is 6.62. The molecule has 0 aromatic rings. The number of aliphatic imine (C=N–C) groups is 1. The van der Waals surface area contributed by atoms with Gasteiger partial charge in [-0.2, -0.15) is 0 Å². The first-order chi connectivity index (χ1) is 9.46. The van der Waals surface area contributed by atoms with Crippen molar-refractivity contribution in [3.63, 3.8) is 0 Å². The molecule has 6 nitrogen and oxygen atoms in total. The molecule has 0 aliphatic carbocycles. The van der Waals surface area contributed by atoms with Crippen LogP contribution in [-0.4, -0.2) is 58.3 Å². The molecule has 120 valence electrons. The van der Waals surface area contributed by atoms with Crippen molar-refractivity contribution in [3.05, 3.63) is 0 Å². The minimum atomic E-state index is -3.08. The first-order valence-corrected chi connectivity index (χ1v) is 9.08. The fourth-order valence-electron chi connectivity index (χ4n) is 1.56. The predicted molar refractivity (Wildman–Crippen MR) is 85.6 cm³/mol. The Balaban J connectivity index is 4.14. The van der Waals surface area contributed by atoms with Gasteiger partial charge in [-0.3, -0.25) is 4.99 Å². The molecule has 0 unspecified atom stereocenters. The SMILES string of the molecule is CCCCN(C)C(=NCCCNS(=O)(=O)CC)NCC. The highest BCUT2D eigenvalue weighted by atomic mass is 32.2. The smallest absolute Gasteiger partial charge is 0.211 e. The van der Waals surface area contributed by atoms with E-state index < -0.39 is 10.0 Å². The summed E-state index contributed by atoms with van der Waals surface area (Å²) in [5, 5.41) is 3.25. The van der Waals surface area contributed by atoms with E-state index in [4.69, 9.17) is 0 Å². The van der Waals surface area contributed by atoms with Crippen molar-refractivity contribution < 1.29 is 8.42 Å². The lowest BCUT2D eigenvalue weighted by Gasteiger charge is -2.21. The minimum absolute atomic E-state index is 0.124. The van der Waals surface area contributed by atoms with Crippen LogP contribution in [0.4, 0.5) is 0 Å². The molecule has 0 aromatic heterocycles. The third-order valence-corrected chi connectivity index (χ3v) is 4.25. The van der Waals surface area contributed by atoms with Crippen molar-refractivity contribution in [3.8, 4) is 0 Å². The van der Waals surface area contributed by atoms with Crippen LogP contribution >= 0.6 is 0 Å². The van der Waals surface area contributed by atoms with Crippen LogP contribution in [0.25, 0.3) is 0 Å². The number of guanidine groups is 1. The lowest BCUT2D eigenvalue weighted by Crippen LogP contribution is -2.39. The van der Waals surface area contributed by atoms with Crippen LogP contribution in [0.15, 0.2) is 4.99 Å². The molecule has 0 aliphatic heterocycles. The summed E-state index contributed by atoms with van der Waals surface area (Å²) in [6, 6.07) is 0. The molecule has 2 N–H and O–H groups in total. The zero-order valence-corrected chi connectivity index (χ0v) is 14.1. The van der Waals surface area contributed by atoms with E-state index in [0.29, 0.717) is 19.5 Å². The molecule has 0 saturated carbocycles. The lowest BCUT2D eigenvalue weighted by atomic mass is 10.3. The molecule has 20 heavy (non-hydrogen) atoms. The second-order valence-corrected chi connectivity index (χ2v) is 6.76. The molecular weight excluding hydrogens is 276 g/mol. The van der Waals surface area contributed by atoms with Gasteiger partial charge in [-0.25, -0.2) is 13.1 Å². The normalized spacial score (nSPS) is 12.5. The Hall–Kier alpha value is -0.820. The number of nitrogens with zero attached hydrogens (tertiary/aromatic N) is 2. The molecule has 0 atom stereocenters. The van der Waals surface area contributed by atoms with E-state index in [-0.39, 0.29) is 5.75 Å². The van der Waals surface area contributed by atoms with Gasteiger partial charge in [0.2, 0.25) is 10.0 Å². The molecule has 0 fully saturated rings. The third kappa shape index (κ3) is 9.14. The van der Waals surface area contributed by atoms with E-state index in [1.165, 1.54) is 0 Å². The monoisotopic (exact) mass is 306 g/mol. The fourth-order valence-corrected chi connectivity index (χ4v) is 2.22. The number of unbranched alkanes of at least 4 members (excludes halogenated alkanes) is 1. The summed E-state index contributed by atoms with van der Waals surface area (Å²) in [5.74, 6) is 1.01. The maximum absolute atomic E-state index is 11.3. The number of hydrogen-bond acceptors (Lipinski definition) is 3. The number of rotatable bonds is 10. The average molecular weight is 306 g/mol. The Bertz CT molecular complexity index is 369. The van der Waals surface area contributed by atoms with Crippen LogP contribution in [-0.2, 0) is 10.0 Å². The highest BCUT2D eigenvalue weighted by molar-refractivity contribution is 7.89. The molecule has 7 heteroatoms. The molecule has 0 aliphatic rings. The van der Waals surface area contributed by atoms with Gasteiger partial charge in [0.1, 0.15) is 0 Å². The van der Waals surface area contributed by atoms with E-state index in [2.05, 4.69) is 26.9 Å². The highest BCUT2D eigenvalue weighted by Crippen LogP contribution is 1.94. The van der Waals surface area contributed by atoms with E-state index in [9.17, 15) is 8.42 Å². The van der Waals surface area contributed by atoms with E-state index >= 15 is 0 Å². The number of nitrogens with one attached hydrogen (secondary N) is 2. The van der Waals surface area contributed by atoms with Gasteiger partial charge in [0.15, 0.2) is 5.96 Å². The molecule has 0 rings (SSSR count). The first kappa shape index (κ1) is 19.2. The Morgan fingerprint density at radius 1 is 1.20 bits per heavy atom. The largest absolute Gasteiger partial charge is 0.357 e. The second kappa shape index (κ2) is 10.9. The fraction of sp³-hybridized carbons (Fsp3) is 0.923. The molecule has 0 heterocycles. The third-order valence-electron chi connectivity index (χ3n) is 2.84. The van der Waals surface area contributed by atoms with Gasteiger partial charge < -0.3 is 10.2 Å². The van der Waals surface area contributed by atoms with Crippen LogP contribution in [0, 0.1) is 0 Å². The van der Waals surface area contributed by atoms with Crippen molar-refractivity contribution in [2.24, 2.45) is 4.99 Å². The van der Waals surface area contributed by atoms with Gasteiger partial charge in [-0.05, 0) is 26.7 Å². The van der Waals surface area contributed by atoms with Gasteiger partial charge in [-0.1, -0.05) is 13.3 Å². The van der Waals surface area contributed by atoms with Crippen molar-refractivity contribution >= 4 is 16.0 Å². The lowest BCUT2D eigenvalue weighted by molar-refractivity contribution is 0.464. The molecule has 0 aromatic carbocycles. The van der Waals surface area contributed by atoms with Gasteiger partial charge in [-0.15, -0.1) is 0 Å². The molecule has 0 spiro atoms. The topological polar surface area (TPSA) is 73.8 Å². The number of hydrogen-bond donors (Lipinski definition) is 2. The van der Waals surface area contributed by atoms with Crippen LogP contribution in [0.2, 0.25) is 0 Å². The van der Waals surface area contributed by atoms with E-state index in [1.54, 1.807) is 6.92 Å². The Morgan fingerprint density at radius 3 is 2.45 bits per heavy atom.